The van der Waals surface area contributed by atoms with Crippen LogP contribution in [0, 0.1) is 28.1 Å². The number of hydrogen-bond donors (Lipinski definition) is 1. The number of ether oxygens (including phenoxy) is 6. The number of aliphatic hydroxyl groups is 1. The van der Waals surface area contributed by atoms with Crippen LogP contribution in [0.3, 0.4) is 0 Å². The Labute approximate surface area is 189 Å². The molecule has 4 fully saturated rings. The van der Waals surface area contributed by atoms with Crippen LogP contribution in [0.2, 0.25) is 0 Å². The number of esters is 2. The lowest BCUT2D eigenvalue weighted by molar-refractivity contribution is -0.209. The third-order valence-corrected chi connectivity index (χ3v) is 7.96. The Kier molecular flexibility index (Phi) is 5.90. The number of carbonyl (C=O) groups is 2. The first-order valence-corrected chi connectivity index (χ1v) is 11.4. The molecule has 3 heterocycles. The van der Waals surface area contributed by atoms with Gasteiger partial charge in [-0.3, -0.25) is 4.79 Å². The minimum atomic E-state index is -1.21. The van der Waals surface area contributed by atoms with Crippen LogP contribution in [-0.2, 0) is 38.0 Å². The SMILES string of the molecule is COCC(CC12C3C[C@@H](C(C)(C)C)C14C(OC2C(=O)O3)O[C@H](O)[C@@H]4OC)OC(=O)C(C)C. The van der Waals surface area contributed by atoms with Crippen molar-refractivity contribution < 1.29 is 43.1 Å². The molecule has 182 valence electrons. The van der Waals surface area contributed by atoms with Crippen molar-refractivity contribution in [1.29, 1.82) is 0 Å². The Bertz CT molecular complexity index is 761. The van der Waals surface area contributed by atoms with Crippen molar-refractivity contribution in [2.45, 2.75) is 84.5 Å². The smallest absolute Gasteiger partial charge is 0.336 e. The maximum Gasteiger partial charge on any atom is 0.336 e. The number of methoxy groups -OCH3 is 2. The molecule has 4 aliphatic rings. The van der Waals surface area contributed by atoms with E-state index < -0.39 is 53.8 Å². The van der Waals surface area contributed by atoms with Gasteiger partial charge in [-0.2, -0.15) is 0 Å². The van der Waals surface area contributed by atoms with Crippen LogP contribution in [0.4, 0.5) is 0 Å². The average molecular weight is 457 g/mol. The number of hydrogen-bond acceptors (Lipinski definition) is 9. The lowest BCUT2D eigenvalue weighted by Crippen LogP contribution is -2.58. The van der Waals surface area contributed by atoms with Crippen LogP contribution in [0.5, 0.6) is 0 Å². The predicted molar refractivity (Wildman–Crippen MR) is 110 cm³/mol. The van der Waals surface area contributed by atoms with E-state index in [9.17, 15) is 14.7 Å². The molecule has 0 amide bonds. The highest BCUT2D eigenvalue weighted by atomic mass is 16.8. The monoisotopic (exact) mass is 456 g/mol. The summed E-state index contributed by atoms with van der Waals surface area (Å²) in [6.45, 7) is 10.1. The lowest BCUT2D eigenvalue weighted by atomic mass is 9.53. The summed E-state index contributed by atoms with van der Waals surface area (Å²) in [7, 11) is 3.08. The van der Waals surface area contributed by atoms with Crippen LogP contribution >= 0.6 is 0 Å². The minimum Gasteiger partial charge on any atom is -0.460 e. The van der Waals surface area contributed by atoms with Gasteiger partial charge in [0.25, 0.3) is 0 Å². The van der Waals surface area contributed by atoms with Gasteiger partial charge in [-0.15, -0.1) is 0 Å². The summed E-state index contributed by atoms with van der Waals surface area (Å²) in [5, 5.41) is 10.8. The van der Waals surface area contributed by atoms with Gasteiger partial charge >= 0.3 is 11.9 Å². The Balaban J connectivity index is 1.85. The fourth-order valence-corrected chi connectivity index (χ4v) is 6.95. The zero-order valence-electron chi connectivity index (χ0n) is 20.0. The van der Waals surface area contributed by atoms with Gasteiger partial charge in [0.15, 0.2) is 18.7 Å². The second-order valence-corrected chi connectivity index (χ2v) is 11.0. The van der Waals surface area contributed by atoms with E-state index in [2.05, 4.69) is 20.8 Å². The molecule has 0 aromatic carbocycles. The summed E-state index contributed by atoms with van der Waals surface area (Å²) in [6, 6.07) is 0. The number of aliphatic hydroxyl groups excluding tert-OH is 1. The zero-order valence-corrected chi connectivity index (χ0v) is 20.0. The van der Waals surface area contributed by atoms with Gasteiger partial charge in [-0.1, -0.05) is 34.6 Å². The minimum absolute atomic E-state index is 0.0470. The molecule has 1 saturated carbocycles. The highest BCUT2D eigenvalue weighted by Crippen LogP contribution is 2.77. The van der Waals surface area contributed by atoms with Crippen molar-refractivity contribution in [1.82, 2.24) is 0 Å². The van der Waals surface area contributed by atoms with Crippen LogP contribution in [0.25, 0.3) is 0 Å². The van der Waals surface area contributed by atoms with E-state index in [4.69, 9.17) is 28.4 Å². The highest BCUT2D eigenvalue weighted by Gasteiger charge is 2.87. The van der Waals surface area contributed by atoms with Crippen LogP contribution < -0.4 is 0 Å². The summed E-state index contributed by atoms with van der Waals surface area (Å²) in [4.78, 5) is 25.4. The summed E-state index contributed by atoms with van der Waals surface area (Å²) < 4.78 is 35.0. The van der Waals surface area contributed by atoms with Crippen molar-refractivity contribution in [3.63, 3.8) is 0 Å². The predicted octanol–water partition coefficient (Wildman–Crippen LogP) is 1.64. The molecule has 0 radical (unpaired) electrons. The molecule has 1 spiro atoms. The molecule has 9 heteroatoms. The summed E-state index contributed by atoms with van der Waals surface area (Å²) in [6.07, 6.45) is -3.91. The molecule has 0 aromatic heterocycles. The molecule has 9 atom stereocenters. The first-order chi connectivity index (χ1) is 14.9. The summed E-state index contributed by atoms with van der Waals surface area (Å²) in [5.74, 6) is -1.15. The standard InChI is InChI=1S/C23H36O9/c1-11(2)17(24)29-12(10-27-6)9-22-14-8-13(21(3,4)5)23(22)16(28-7)19(26)32-20(23)31-15(22)18(25)30-14/h11-16,19-20,26H,8-10H2,1-7H3/t12?,13-,14?,15?,16-,19-,20?,22?,23?/m0/s1. The third-order valence-electron chi connectivity index (χ3n) is 7.96. The molecule has 0 aromatic rings. The van der Waals surface area contributed by atoms with Crippen molar-refractivity contribution >= 4 is 11.9 Å². The van der Waals surface area contributed by atoms with E-state index in [0.717, 1.165) is 0 Å². The largest absolute Gasteiger partial charge is 0.460 e. The van der Waals surface area contributed by atoms with Gasteiger partial charge < -0.3 is 33.5 Å². The van der Waals surface area contributed by atoms with Crippen molar-refractivity contribution in [3.05, 3.63) is 0 Å². The van der Waals surface area contributed by atoms with E-state index in [0.29, 0.717) is 6.42 Å². The summed E-state index contributed by atoms with van der Waals surface area (Å²) >= 11 is 0. The quantitative estimate of drug-likeness (QED) is 0.572. The van der Waals surface area contributed by atoms with Crippen molar-refractivity contribution in [2.75, 3.05) is 20.8 Å². The second kappa shape index (κ2) is 7.91. The van der Waals surface area contributed by atoms with E-state index in [1.165, 1.54) is 7.11 Å². The molecule has 3 saturated heterocycles. The van der Waals surface area contributed by atoms with Gasteiger partial charge in [-0.05, 0) is 24.2 Å². The number of rotatable bonds is 7. The van der Waals surface area contributed by atoms with E-state index >= 15 is 0 Å². The molecule has 9 nitrogen and oxygen atoms in total. The Hall–Kier alpha value is -1.26. The van der Waals surface area contributed by atoms with E-state index in [1.807, 2.05) is 0 Å². The first kappa shape index (κ1) is 23.9. The molecule has 3 aliphatic heterocycles. The Morgan fingerprint density at radius 3 is 2.50 bits per heavy atom. The average Bonchev–Trinajstić information content (AvgIpc) is 3.30. The molecular weight excluding hydrogens is 420 g/mol. The van der Waals surface area contributed by atoms with Crippen molar-refractivity contribution in [2.24, 2.45) is 28.1 Å². The van der Waals surface area contributed by atoms with Crippen molar-refractivity contribution in [3.8, 4) is 0 Å². The van der Waals surface area contributed by atoms with Gasteiger partial charge in [0.2, 0.25) is 0 Å². The molecule has 6 unspecified atom stereocenters. The van der Waals surface area contributed by atoms with Gasteiger partial charge in [-0.25, -0.2) is 4.79 Å². The van der Waals surface area contributed by atoms with Gasteiger partial charge in [0.1, 0.15) is 18.3 Å². The molecule has 0 bridgehead atoms. The van der Waals surface area contributed by atoms with Crippen LogP contribution in [0.1, 0.15) is 47.5 Å². The maximum absolute atomic E-state index is 12.9. The fraction of sp³-hybridized carbons (Fsp3) is 0.913. The first-order valence-electron chi connectivity index (χ1n) is 11.4. The fourth-order valence-electron chi connectivity index (χ4n) is 6.95. The third kappa shape index (κ3) is 3.01. The molecule has 32 heavy (non-hydrogen) atoms. The maximum atomic E-state index is 12.9. The Morgan fingerprint density at radius 1 is 1.25 bits per heavy atom. The molecule has 1 aliphatic carbocycles. The normalized spacial score (nSPS) is 43.3. The lowest BCUT2D eigenvalue weighted by Gasteiger charge is -2.48. The molecular formula is C23H36O9. The molecule has 1 N–H and O–H groups in total. The van der Waals surface area contributed by atoms with E-state index in [1.54, 1.807) is 21.0 Å². The van der Waals surface area contributed by atoms with E-state index in [-0.39, 0.29) is 36.2 Å². The van der Waals surface area contributed by atoms with Gasteiger partial charge in [0.05, 0.1) is 23.4 Å². The van der Waals surface area contributed by atoms with Crippen LogP contribution in [0.15, 0.2) is 0 Å². The summed E-state index contributed by atoms with van der Waals surface area (Å²) in [5.41, 5.74) is -1.99. The Morgan fingerprint density at radius 2 is 1.94 bits per heavy atom. The van der Waals surface area contributed by atoms with Gasteiger partial charge in [0, 0.05) is 14.2 Å². The molecule has 4 rings (SSSR count). The van der Waals surface area contributed by atoms with Crippen LogP contribution in [-0.4, -0.2) is 74.9 Å². The second-order valence-electron chi connectivity index (χ2n) is 11.0. The number of carbonyl (C=O) groups excluding carboxylic acids is 2. The topological polar surface area (TPSA) is 110 Å². The zero-order chi connectivity index (χ0) is 23.6. The highest BCUT2D eigenvalue weighted by molar-refractivity contribution is 5.80.